The van der Waals surface area contributed by atoms with Crippen LogP contribution < -0.4 is 10.3 Å². The predicted octanol–water partition coefficient (Wildman–Crippen LogP) is 4.39. The molecule has 0 N–H and O–H groups in total. The Morgan fingerprint density at radius 1 is 1.07 bits per heavy atom. The molecule has 0 atom stereocenters. The molecule has 0 bridgehead atoms. The molecule has 0 aliphatic heterocycles. The average molecular weight is 400 g/mol. The zero-order valence-electron chi connectivity index (χ0n) is 17.6. The molecule has 4 aromatic rings. The van der Waals surface area contributed by atoms with Crippen LogP contribution in [-0.4, -0.2) is 27.0 Å². The van der Waals surface area contributed by atoms with Gasteiger partial charge in [-0.25, -0.2) is 4.98 Å². The van der Waals surface area contributed by atoms with Crippen LogP contribution >= 0.6 is 0 Å². The number of hydrogen-bond donors (Lipinski definition) is 0. The highest BCUT2D eigenvalue weighted by atomic mass is 16.5. The normalized spacial score (nSPS) is 11.5. The first-order chi connectivity index (χ1) is 14.5. The zero-order valence-corrected chi connectivity index (χ0v) is 17.6. The molecular formula is C24H24N4O2. The third-order valence-corrected chi connectivity index (χ3v) is 5.10. The molecular weight excluding hydrogens is 376 g/mol. The van der Waals surface area contributed by atoms with E-state index < -0.39 is 0 Å². The van der Waals surface area contributed by atoms with Crippen LogP contribution in [0.1, 0.15) is 29.7 Å². The summed E-state index contributed by atoms with van der Waals surface area (Å²) < 4.78 is 9.04. The van der Waals surface area contributed by atoms with Crippen LogP contribution in [0.15, 0.2) is 64.5 Å². The molecule has 0 amide bonds. The summed E-state index contributed by atoms with van der Waals surface area (Å²) in [6.07, 6.45) is 1.72. The summed E-state index contributed by atoms with van der Waals surface area (Å²) in [4.78, 5) is 17.3. The minimum absolute atomic E-state index is 0.172. The van der Waals surface area contributed by atoms with E-state index in [1.165, 1.54) is 4.68 Å². The number of ether oxygens (including phenoxy) is 1. The highest BCUT2D eigenvalue weighted by Gasteiger charge is 2.11. The van der Waals surface area contributed by atoms with Crippen molar-refractivity contribution in [1.82, 2.24) is 14.2 Å². The summed E-state index contributed by atoms with van der Waals surface area (Å²) >= 11 is 0. The van der Waals surface area contributed by atoms with Crippen LogP contribution in [-0.2, 0) is 0 Å². The fourth-order valence-corrected chi connectivity index (χ4v) is 3.66. The first-order valence-corrected chi connectivity index (χ1v) is 9.94. The molecule has 0 spiro atoms. The van der Waals surface area contributed by atoms with Crippen molar-refractivity contribution in [3.05, 3.63) is 87.7 Å². The Labute approximate surface area is 175 Å². The number of benzene rings is 2. The lowest BCUT2D eigenvalue weighted by Gasteiger charge is -2.11. The fourth-order valence-electron chi connectivity index (χ4n) is 3.66. The van der Waals surface area contributed by atoms with Crippen LogP contribution in [0.25, 0.3) is 16.6 Å². The van der Waals surface area contributed by atoms with Gasteiger partial charge in [-0.3, -0.25) is 4.79 Å². The molecule has 2 aromatic heterocycles. The minimum Gasteiger partial charge on any atom is -0.494 e. The van der Waals surface area contributed by atoms with Gasteiger partial charge in [-0.05, 0) is 70.2 Å². The van der Waals surface area contributed by atoms with Crippen LogP contribution in [0.2, 0.25) is 0 Å². The number of aromatic nitrogens is 3. The molecule has 30 heavy (non-hydrogen) atoms. The standard InChI is InChI=1S/C24H24N4O2/c1-5-30-21-12-10-20(11-13-21)27-16(2)14-19(17(27)3)15-25-28-18(4)26-23-9-7-6-8-22(23)24(28)29/h6-15H,5H2,1-4H3. The molecule has 6 nitrogen and oxygen atoms in total. The molecule has 2 aromatic carbocycles. The van der Waals surface area contributed by atoms with E-state index in [0.717, 1.165) is 28.4 Å². The molecule has 0 aliphatic carbocycles. The lowest BCUT2D eigenvalue weighted by molar-refractivity contribution is 0.340. The second-order valence-electron chi connectivity index (χ2n) is 7.13. The first kappa shape index (κ1) is 19.6. The maximum absolute atomic E-state index is 12.8. The zero-order chi connectivity index (χ0) is 21.3. The molecule has 152 valence electrons. The van der Waals surface area contributed by atoms with Crippen molar-refractivity contribution >= 4 is 17.1 Å². The van der Waals surface area contributed by atoms with Gasteiger partial charge in [-0.15, -0.1) is 0 Å². The Morgan fingerprint density at radius 3 is 2.53 bits per heavy atom. The molecule has 0 aliphatic rings. The van der Waals surface area contributed by atoms with E-state index in [1.54, 1.807) is 19.2 Å². The lowest BCUT2D eigenvalue weighted by Crippen LogP contribution is -2.20. The Balaban J connectivity index is 1.71. The van der Waals surface area contributed by atoms with E-state index in [9.17, 15) is 4.79 Å². The van der Waals surface area contributed by atoms with Gasteiger partial charge in [0.15, 0.2) is 0 Å². The molecule has 0 saturated carbocycles. The molecule has 2 heterocycles. The van der Waals surface area contributed by atoms with Gasteiger partial charge in [0, 0.05) is 22.6 Å². The minimum atomic E-state index is -0.172. The van der Waals surface area contributed by atoms with E-state index >= 15 is 0 Å². The topological polar surface area (TPSA) is 61.4 Å². The van der Waals surface area contributed by atoms with Crippen molar-refractivity contribution in [2.45, 2.75) is 27.7 Å². The molecule has 0 unspecified atom stereocenters. The second-order valence-corrected chi connectivity index (χ2v) is 7.13. The summed E-state index contributed by atoms with van der Waals surface area (Å²) in [7, 11) is 0. The van der Waals surface area contributed by atoms with Crippen molar-refractivity contribution in [3.63, 3.8) is 0 Å². The molecule has 0 radical (unpaired) electrons. The van der Waals surface area contributed by atoms with Gasteiger partial charge in [0.1, 0.15) is 11.6 Å². The van der Waals surface area contributed by atoms with Gasteiger partial charge in [0.05, 0.1) is 23.7 Å². The average Bonchev–Trinajstić information content (AvgIpc) is 3.02. The van der Waals surface area contributed by atoms with Gasteiger partial charge in [0.2, 0.25) is 0 Å². The van der Waals surface area contributed by atoms with Gasteiger partial charge in [-0.2, -0.15) is 9.78 Å². The van der Waals surface area contributed by atoms with Crippen LogP contribution in [0.4, 0.5) is 0 Å². The predicted molar refractivity (Wildman–Crippen MR) is 120 cm³/mol. The number of aryl methyl sites for hydroxylation is 2. The van der Waals surface area contributed by atoms with Gasteiger partial charge >= 0.3 is 0 Å². The second kappa shape index (κ2) is 7.99. The van der Waals surface area contributed by atoms with E-state index in [2.05, 4.69) is 27.6 Å². The molecule has 4 rings (SSSR count). The van der Waals surface area contributed by atoms with Crippen LogP contribution in [0, 0.1) is 20.8 Å². The van der Waals surface area contributed by atoms with Crippen molar-refractivity contribution in [2.24, 2.45) is 5.10 Å². The maximum atomic E-state index is 12.8. The monoisotopic (exact) mass is 400 g/mol. The van der Waals surface area contributed by atoms with E-state index in [1.807, 2.05) is 56.3 Å². The first-order valence-electron chi connectivity index (χ1n) is 9.94. The molecule has 6 heteroatoms. The number of fused-ring (bicyclic) bond motifs is 1. The number of rotatable bonds is 5. The summed E-state index contributed by atoms with van der Waals surface area (Å²) in [5.41, 5.74) is 4.63. The number of para-hydroxylation sites is 1. The number of nitrogens with zero attached hydrogens (tertiary/aromatic N) is 4. The van der Waals surface area contributed by atoms with Crippen molar-refractivity contribution in [1.29, 1.82) is 0 Å². The summed E-state index contributed by atoms with van der Waals surface area (Å²) in [6.45, 7) is 8.49. The van der Waals surface area contributed by atoms with Gasteiger partial charge < -0.3 is 9.30 Å². The van der Waals surface area contributed by atoms with Crippen molar-refractivity contribution in [3.8, 4) is 11.4 Å². The Bertz CT molecular complexity index is 1300. The largest absolute Gasteiger partial charge is 0.494 e. The molecule has 0 saturated heterocycles. The highest BCUT2D eigenvalue weighted by Crippen LogP contribution is 2.22. The quantitative estimate of drug-likeness (QED) is 0.467. The highest BCUT2D eigenvalue weighted by molar-refractivity contribution is 5.82. The van der Waals surface area contributed by atoms with Gasteiger partial charge in [-0.1, -0.05) is 12.1 Å². The summed E-state index contributed by atoms with van der Waals surface area (Å²) in [5, 5.41) is 5.01. The lowest BCUT2D eigenvalue weighted by atomic mass is 10.2. The van der Waals surface area contributed by atoms with E-state index in [-0.39, 0.29) is 5.56 Å². The van der Waals surface area contributed by atoms with Gasteiger partial charge in [0.25, 0.3) is 5.56 Å². The smallest absolute Gasteiger partial charge is 0.282 e. The Kier molecular flexibility index (Phi) is 5.23. The summed E-state index contributed by atoms with van der Waals surface area (Å²) in [6, 6.07) is 17.4. The Hall–Kier alpha value is -3.67. The van der Waals surface area contributed by atoms with Crippen molar-refractivity contribution in [2.75, 3.05) is 6.61 Å². The SMILES string of the molecule is CCOc1ccc(-n2c(C)cc(C=Nn3c(C)nc4ccccc4c3=O)c2C)cc1. The third-order valence-electron chi connectivity index (χ3n) is 5.10. The fraction of sp³-hybridized carbons (Fsp3) is 0.208. The van der Waals surface area contributed by atoms with E-state index in [0.29, 0.717) is 23.3 Å². The number of hydrogen-bond acceptors (Lipinski definition) is 4. The maximum Gasteiger partial charge on any atom is 0.282 e. The van der Waals surface area contributed by atoms with Crippen molar-refractivity contribution < 1.29 is 4.74 Å². The summed E-state index contributed by atoms with van der Waals surface area (Å²) in [5.74, 6) is 1.40. The van der Waals surface area contributed by atoms with Crippen LogP contribution in [0.5, 0.6) is 5.75 Å². The third kappa shape index (κ3) is 3.52. The Morgan fingerprint density at radius 2 is 1.80 bits per heavy atom. The van der Waals surface area contributed by atoms with Crippen LogP contribution in [0.3, 0.4) is 0 Å². The molecule has 0 fully saturated rings. The van der Waals surface area contributed by atoms with E-state index in [4.69, 9.17) is 4.74 Å².